The first-order chi connectivity index (χ1) is 10.0. The fourth-order valence-corrected chi connectivity index (χ4v) is 2.06. The lowest BCUT2D eigenvalue weighted by molar-refractivity contribution is 0.407. The zero-order valence-electron chi connectivity index (χ0n) is 11.4. The third-order valence-corrected chi connectivity index (χ3v) is 3.23. The minimum absolute atomic E-state index is 0.0764. The number of hydrogen-bond donors (Lipinski definition) is 2. The van der Waals surface area contributed by atoms with E-state index in [0.717, 1.165) is 0 Å². The second-order valence-electron chi connectivity index (χ2n) is 4.18. The number of rotatable bonds is 4. The number of nitrogens with zero attached hydrogens (tertiary/aromatic N) is 2. The van der Waals surface area contributed by atoms with Gasteiger partial charge in [-0.1, -0.05) is 23.2 Å². The van der Waals surface area contributed by atoms with Gasteiger partial charge < -0.3 is 9.84 Å². The third kappa shape index (κ3) is 3.77. The van der Waals surface area contributed by atoms with Crippen molar-refractivity contribution < 1.29 is 9.84 Å². The standard InChI is InChI=1S/C14H13Cl2N3O2/c1-8(11-4-3-10(21-2)6-13(11)20)18-19-14-12(16)5-9(15)7-17-14/h3-7,20H,1-2H3,(H,17,19)/b18-8+. The van der Waals surface area contributed by atoms with Crippen LogP contribution >= 0.6 is 23.2 Å². The highest BCUT2D eigenvalue weighted by Crippen LogP contribution is 2.25. The first-order valence-electron chi connectivity index (χ1n) is 6.00. The van der Waals surface area contributed by atoms with E-state index in [9.17, 15) is 5.11 Å². The second kappa shape index (κ2) is 6.65. The van der Waals surface area contributed by atoms with Crippen molar-refractivity contribution in [2.45, 2.75) is 6.92 Å². The number of benzene rings is 1. The molecule has 0 saturated carbocycles. The normalized spacial score (nSPS) is 11.3. The van der Waals surface area contributed by atoms with E-state index in [1.807, 2.05) is 0 Å². The van der Waals surface area contributed by atoms with Crippen LogP contribution in [0.25, 0.3) is 0 Å². The molecule has 0 spiro atoms. The Kier molecular flexibility index (Phi) is 4.88. The molecule has 0 amide bonds. The molecule has 0 atom stereocenters. The van der Waals surface area contributed by atoms with Crippen molar-refractivity contribution in [2.75, 3.05) is 12.5 Å². The Hall–Kier alpha value is -1.98. The monoisotopic (exact) mass is 325 g/mol. The average Bonchev–Trinajstić information content (AvgIpc) is 2.45. The van der Waals surface area contributed by atoms with Crippen LogP contribution in [0.5, 0.6) is 11.5 Å². The maximum Gasteiger partial charge on any atom is 0.165 e. The van der Waals surface area contributed by atoms with E-state index in [1.54, 1.807) is 25.1 Å². The van der Waals surface area contributed by atoms with Gasteiger partial charge in [-0.05, 0) is 25.1 Å². The van der Waals surface area contributed by atoms with Gasteiger partial charge in [0, 0.05) is 17.8 Å². The van der Waals surface area contributed by atoms with Gasteiger partial charge in [0.15, 0.2) is 5.82 Å². The van der Waals surface area contributed by atoms with Crippen LogP contribution < -0.4 is 10.2 Å². The molecular formula is C14H13Cl2N3O2. The molecule has 2 N–H and O–H groups in total. The first kappa shape index (κ1) is 15.4. The van der Waals surface area contributed by atoms with Crippen LogP contribution in [0.3, 0.4) is 0 Å². The van der Waals surface area contributed by atoms with Gasteiger partial charge in [-0.25, -0.2) is 4.98 Å². The number of halogens is 2. The van der Waals surface area contributed by atoms with Crippen molar-refractivity contribution in [1.29, 1.82) is 0 Å². The van der Waals surface area contributed by atoms with Gasteiger partial charge in [0.1, 0.15) is 11.5 Å². The van der Waals surface area contributed by atoms with E-state index in [2.05, 4.69) is 15.5 Å². The number of phenolic OH excluding ortho intramolecular Hbond substituents is 1. The van der Waals surface area contributed by atoms with Gasteiger partial charge in [-0.3, -0.25) is 5.43 Å². The van der Waals surface area contributed by atoms with Crippen LogP contribution in [0.15, 0.2) is 35.6 Å². The first-order valence-corrected chi connectivity index (χ1v) is 6.75. The van der Waals surface area contributed by atoms with Crippen molar-refractivity contribution in [2.24, 2.45) is 5.10 Å². The van der Waals surface area contributed by atoms with Crippen LogP contribution in [0.4, 0.5) is 5.82 Å². The highest BCUT2D eigenvalue weighted by Gasteiger charge is 2.07. The number of methoxy groups -OCH3 is 1. The molecule has 21 heavy (non-hydrogen) atoms. The summed E-state index contributed by atoms with van der Waals surface area (Å²) in [6, 6.07) is 6.53. The minimum Gasteiger partial charge on any atom is -0.507 e. The number of aromatic nitrogens is 1. The lowest BCUT2D eigenvalue weighted by Crippen LogP contribution is -2.02. The van der Waals surface area contributed by atoms with Crippen molar-refractivity contribution in [3.63, 3.8) is 0 Å². The Morgan fingerprint density at radius 3 is 2.71 bits per heavy atom. The van der Waals surface area contributed by atoms with Crippen molar-refractivity contribution in [1.82, 2.24) is 4.98 Å². The number of hydrazone groups is 1. The Morgan fingerprint density at radius 2 is 2.10 bits per heavy atom. The van der Waals surface area contributed by atoms with E-state index in [0.29, 0.717) is 32.9 Å². The number of ether oxygens (including phenoxy) is 1. The topological polar surface area (TPSA) is 66.7 Å². The van der Waals surface area contributed by atoms with Crippen LogP contribution in [-0.4, -0.2) is 22.9 Å². The zero-order chi connectivity index (χ0) is 15.4. The predicted octanol–water partition coefficient (Wildman–Crippen LogP) is 3.94. The molecule has 0 bridgehead atoms. The van der Waals surface area contributed by atoms with Gasteiger partial charge in [0.05, 0.1) is 22.9 Å². The lowest BCUT2D eigenvalue weighted by atomic mass is 10.1. The summed E-state index contributed by atoms with van der Waals surface area (Å²) >= 11 is 11.8. The predicted molar refractivity (Wildman–Crippen MR) is 84.7 cm³/mol. The summed E-state index contributed by atoms with van der Waals surface area (Å²) in [5, 5.41) is 14.9. The molecule has 2 rings (SSSR count). The summed E-state index contributed by atoms with van der Waals surface area (Å²) in [6.45, 7) is 1.75. The Labute approximate surface area is 132 Å². The van der Waals surface area contributed by atoms with Gasteiger partial charge in [0.2, 0.25) is 0 Å². The Bertz CT molecular complexity index is 690. The molecule has 2 aromatic rings. The molecule has 0 unspecified atom stereocenters. The van der Waals surface area contributed by atoms with Crippen LogP contribution in [0, 0.1) is 0 Å². The fraction of sp³-hybridized carbons (Fsp3) is 0.143. The Morgan fingerprint density at radius 1 is 1.33 bits per heavy atom. The number of hydrogen-bond acceptors (Lipinski definition) is 5. The SMILES string of the molecule is COc1ccc(/C(C)=N/Nc2ncc(Cl)cc2Cl)c(O)c1. The summed E-state index contributed by atoms with van der Waals surface area (Å²) in [5.74, 6) is 1.03. The molecule has 1 aromatic heterocycles. The summed E-state index contributed by atoms with van der Waals surface area (Å²) in [6.07, 6.45) is 1.46. The van der Waals surface area contributed by atoms with Crippen LogP contribution in [0.2, 0.25) is 10.0 Å². The fourth-order valence-electron chi connectivity index (χ4n) is 1.64. The van der Waals surface area contributed by atoms with Crippen molar-refractivity contribution in [3.05, 3.63) is 46.1 Å². The molecule has 7 heteroatoms. The number of phenols is 1. The number of anilines is 1. The second-order valence-corrected chi connectivity index (χ2v) is 5.02. The van der Waals surface area contributed by atoms with Gasteiger partial charge in [-0.2, -0.15) is 5.10 Å². The number of pyridine rings is 1. The third-order valence-electron chi connectivity index (χ3n) is 2.73. The summed E-state index contributed by atoms with van der Waals surface area (Å²) in [5.41, 5.74) is 3.89. The van der Waals surface area contributed by atoms with E-state index < -0.39 is 0 Å². The van der Waals surface area contributed by atoms with E-state index in [4.69, 9.17) is 27.9 Å². The molecule has 0 radical (unpaired) electrons. The number of nitrogens with one attached hydrogen (secondary N) is 1. The van der Waals surface area contributed by atoms with Gasteiger partial charge in [-0.15, -0.1) is 0 Å². The minimum atomic E-state index is 0.0764. The van der Waals surface area contributed by atoms with Crippen molar-refractivity contribution in [3.8, 4) is 11.5 Å². The molecule has 1 heterocycles. The smallest absolute Gasteiger partial charge is 0.165 e. The largest absolute Gasteiger partial charge is 0.507 e. The van der Waals surface area contributed by atoms with E-state index in [-0.39, 0.29) is 5.75 Å². The van der Waals surface area contributed by atoms with Crippen LogP contribution in [0.1, 0.15) is 12.5 Å². The molecule has 110 valence electrons. The number of aromatic hydroxyl groups is 1. The highest BCUT2D eigenvalue weighted by atomic mass is 35.5. The molecule has 0 aliphatic heterocycles. The van der Waals surface area contributed by atoms with Gasteiger partial charge >= 0.3 is 0 Å². The van der Waals surface area contributed by atoms with E-state index in [1.165, 1.54) is 19.4 Å². The molecule has 1 aromatic carbocycles. The summed E-state index contributed by atoms with van der Waals surface area (Å²) < 4.78 is 5.03. The summed E-state index contributed by atoms with van der Waals surface area (Å²) in [4.78, 5) is 4.03. The average molecular weight is 326 g/mol. The lowest BCUT2D eigenvalue weighted by Gasteiger charge is -2.08. The maximum absolute atomic E-state index is 9.93. The molecule has 5 nitrogen and oxygen atoms in total. The highest BCUT2D eigenvalue weighted by molar-refractivity contribution is 6.35. The quantitative estimate of drug-likeness (QED) is 0.660. The van der Waals surface area contributed by atoms with Gasteiger partial charge in [0.25, 0.3) is 0 Å². The zero-order valence-corrected chi connectivity index (χ0v) is 12.9. The molecule has 0 aliphatic rings. The molecule has 0 aliphatic carbocycles. The summed E-state index contributed by atoms with van der Waals surface area (Å²) in [7, 11) is 1.53. The molecular weight excluding hydrogens is 313 g/mol. The van der Waals surface area contributed by atoms with Crippen molar-refractivity contribution >= 4 is 34.7 Å². The molecule has 0 fully saturated rings. The Balaban J connectivity index is 2.21. The molecule has 0 saturated heterocycles. The van der Waals surface area contributed by atoms with Crippen LogP contribution in [-0.2, 0) is 0 Å². The van der Waals surface area contributed by atoms with E-state index >= 15 is 0 Å². The maximum atomic E-state index is 9.93.